The minimum absolute atomic E-state index is 0.0741. The fourth-order valence-electron chi connectivity index (χ4n) is 7.47. The molecule has 66 heavy (non-hydrogen) atoms. The average Bonchev–Trinajstić information content (AvgIpc) is 3.82. The van der Waals surface area contributed by atoms with Crippen molar-refractivity contribution in [1.29, 1.82) is 0 Å². The number of carbonyl (C=O) groups excluding carboxylic acids is 2. The van der Waals surface area contributed by atoms with Crippen molar-refractivity contribution in [2.45, 2.75) is 56.5 Å². The van der Waals surface area contributed by atoms with Gasteiger partial charge in [0.15, 0.2) is 0 Å². The molecular weight excluding hydrogens is 992 g/mol. The molecule has 2 aliphatic heterocycles. The highest BCUT2D eigenvalue weighted by atomic mass is 79.9. The molecule has 0 fully saturated rings. The van der Waals surface area contributed by atoms with Gasteiger partial charge < -0.3 is 9.47 Å². The highest BCUT2D eigenvalue weighted by Gasteiger charge is 2.30. The van der Waals surface area contributed by atoms with Crippen LogP contribution >= 0.6 is 31.9 Å². The van der Waals surface area contributed by atoms with E-state index in [1.807, 2.05) is 74.8 Å². The molecule has 0 amide bonds. The third-order valence-corrected chi connectivity index (χ3v) is 12.4. The summed E-state index contributed by atoms with van der Waals surface area (Å²) in [5.74, 6) is 1.12. The van der Waals surface area contributed by atoms with Crippen molar-refractivity contribution in [3.8, 4) is 11.4 Å². The molecule has 4 aromatic heterocycles. The van der Waals surface area contributed by atoms with Crippen molar-refractivity contribution in [3.63, 3.8) is 0 Å². The van der Waals surface area contributed by atoms with E-state index in [1.54, 1.807) is 30.6 Å². The zero-order chi connectivity index (χ0) is 47.0. The lowest BCUT2D eigenvalue weighted by Crippen LogP contribution is -2.09. The molecule has 2 atom stereocenters. The Morgan fingerprint density at radius 2 is 1.05 bits per heavy atom. The molecule has 0 unspecified atom stereocenters. The molecule has 3 aromatic carbocycles. The molecule has 0 aliphatic carbocycles. The van der Waals surface area contributed by atoms with E-state index in [0.29, 0.717) is 12.8 Å². The number of benzene rings is 3. The van der Waals surface area contributed by atoms with Gasteiger partial charge in [0.1, 0.15) is 23.7 Å². The highest BCUT2D eigenvalue weighted by molar-refractivity contribution is 9.10. The Morgan fingerprint density at radius 3 is 1.41 bits per heavy atom. The lowest BCUT2D eigenvalue weighted by molar-refractivity contribution is -0.141. The van der Waals surface area contributed by atoms with Crippen LogP contribution in [0.2, 0.25) is 0 Å². The molecule has 0 spiro atoms. The Kier molecular flexibility index (Phi) is 15.3. The Morgan fingerprint density at radius 1 is 0.621 bits per heavy atom. The molecular formula is C48H44Br2N8O7S. The summed E-state index contributed by atoms with van der Waals surface area (Å²) in [7, 11) is -1.20. The van der Waals surface area contributed by atoms with Crippen LogP contribution in [0.25, 0.3) is 11.4 Å². The largest absolute Gasteiger partial charge is 0.469 e. The summed E-state index contributed by atoms with van der Waals surface area (Å²) >= 11 is 7.16. The second-order valence-electron chi connectivity index (χ2n) is 14.9. The number of ether oxygens (including phenoxy) is 2. The number of aryl methyl sites for hydroxylation is 2. The van der Waals surface area contributed by atoms with Gasteiger partial charge in [-0.05, 0) is 99.5 Å². The second kappa shape index (κ2) is 21.2. The molecule has 0 saturated carbocycles. The number of imidazole rings is 2. The molecule has 18 heteroatoms. The molecule has 2 aliphatic rings. The smallest absolute Gasteiger partial charge is 0.305 e. The number of aromatic nitrogens is 6. The summed E-state index contributed by atoms with van der Waals surface area (Å²) in [6.45, 7) is 4.04. The summed E-state index contributed by atoms with van der Waals surface area (Å²) in [4.78, 5) is 51.8. The van der Waals surface area contributed by atoms with Gasteiger partial charge in [0, 0.05) is 69.1 Å². The zero-order valence-electron chi connectivity index (χ0n) is 36.2. The van der Waals surface area contributed by atoms with Crippen LogP contribution in [-0.4, -0.2) is 79.6 Å². The van der Waals surface area contributed by atoms with Gasteiger partial charge in [-0.3, -0.25) is 43.2 Å². The first-order chi connectivity index (χ1) is 31.8. The van der Waals surface area contributed by atoms with Crippen molar-refractivity contribution in [1.82, 2.24) is 29.1 Å². The fraction of sp³-hybridized carbons (Fsp3) is 0.208. The number of rotatable bonds is 9. The van der Waals surface area contributed by atoms with E-state index < -0.39 is 10.1 Å². The van der Waals surface area contributed by atoms with E-state index in [1.165, 1.54) is 26.4 Å². The summed E-state index contributed by atoms with van der Waals surface area (Å²) in [6.07, 6.45) is 8.75. The summed E-state index contributed by atoms with van der Waals surface area (Å²) < 4.78 is 45.0. The maximum Gasteiger partial charge on any atom is 0.305 e. The molecule has 1 N–H and O–H groups in total. The van der Waals surface area contributed by atoms with E-state index in [9.17, 15) is 18.0 Å². The monoisotopic (exact) mass is 1030 g/mol. The van der Waals surface area contributed by atoms with Gasteiger partial charge in [-0.2, -0.15) is 8.42 Å². The molecule has 6 heterocycles. The number of pyridine rings is 2. The molecule has 15 nitrogen and oxygen atoms in total. The van der Waals surface area contributed by atoms with E-state index >= 15 is 0 Å². The number of esters is 2. The van der Waals surface area contributed by atoms with Gasteiger partial charge in [-0.1, -0.05) is 62.2 Å². The number of methoxy groups -OCH3 is 2. The van der Waals surface area contributed by atoms with Gasteiger partial charge >= 0.3 is 11.9 Å². The zero-order valence-corrected chi connectivity index (χ0v) is 40.2. The van der Waals surface area contributed by atoms with E-state index in [0.717, 1.165) is 77.3 Å². The van der Waals surface area contributed by atoms with Gasteiger partial charge in [-0.15, -0.1) is 0 Å². The first-order valence-electron chi connectivity index (χ1n) is 20.6. The minimum atomic E-state index is -4.00. The number of hydrogen-bond acceptors (Lipinski definition) is 12. The molecule has 0 radical (unpaired) electrons. The topological polar surface area (TPSA) is 193 Å². The van der Waals surface area contributed by atoms with Crippen molar-refractivity contribution in [3.05, 3.63) is 182 Å². The number of aliphatic imine (C=N–C) groups is 2. The number of carbonyl (C=O) groups is 2. The lowest BCUT2D eigenvalue weighted by atomic mass is 10.0. The number of nitrogens with zero attached hydrogens (tertiary/aromatic N) is 8. The van der Waals surface area contributed by atoms with Crippen LogP contribution in [0.4, 0.5) is 0 Å². The quantitative estimate of drug-likeness (QED) is 0.107. The predicted molar refractivity (Wildman–Crippen MR) is 256 cm³/mol. The van der Waals surface area contributed by atoms with Gasteiger partial charge in [-0.25, -0.2) is 9.97 Å². The molecule has 0 saturated heterocycles. The minimum Gasteiger partial charge on any atom is -0.469 e. The van der Waals surface area contributed by atoms with Crippen LogP contribution in [0.15, 0.2) is 152 Å². The summed E-state index contributed by atoms with van der Waals surface area (Å²) in [5.41, 5.74) is 9.11. The Labute approximate surface area is 398 Å². The van der Waals surface area contributed by atoms with Crippen molar-refractivity contribution < 1.29 is 32.0 Å². The third-order valence-electron chi connectivity index (χ3n) is 10.6. The van der Waals surface area contributed by atoms with E-state index in [2.05, 4.69) is 85.2 Å². The van der Waals surface area contributed by atoms with Crippen LogP contribution in [0.5, 0.6) is 0 Å². The van der Waals surface area contributed by atoms with Crippen LogP contribution in [0.3, 0.4) is 0 Å². The van der Waals surface area contributed by atoms with Crippen LogP contribution in [0, 0.1) is 13.8 Å². The van der Waals surface area contributed by atoms with Crippen molar-refractivity contribution in [2.75, 3.05) is 14.2 Å². The third kappa shape index (κ3) is 11.0. The average molecular weight is 1040 g/mol. The molecule has 338 valence electrons. The highest BCUT2D eigenvalue weighted by Crippen LogP contribution is 2.36. The van der Waals surface area contributed by atoms with Crippen LogP contribution in [0.1, 0.15) is 83.3 Å². The Bertz CT molecular complexity index is 2860. The van der Waals surface area contributed by atoms with Gasteiger partial charge in [0.05, 0.1) is 53.3 Å². The maximum absolute atomic E-state index is 11.8. The Hall–Kier alpha value is -6.47. The predicted octanol–water partition coefficient (Wildman–Crippen LogP) is 9.30. The van der Waals surface area contributed by atoms with Crippen molar-refractivity contribution in [2.24, 2.45) is 9.98 Å². The van der Waals surface area contributed by atoms with Gasteiger partial charge in [0.2, 0.25) is 0 Å². The Balaban J connectivity index is 0.000000163. The molecule has 0 bridgehead atoms. The summed E-state index contributed by atoms with van der Waals surface area (Å²) in [6, 6.07) is 30.6. The standard InChI is InChI=1S/2C21H19BrN4O2.C6H6O3S/c2*1-13-12-24-21-17(7-9-19(27)28-2)25-20(16-5-3-4-10-23-16)15-11-14(22)6-8-18(15)26(13)21;7-10(8,9)6-4-2-1-3-5-6/h2*3-6,8,10-12,17H,7,9H2,1-2H3;1-5H,(H,7,8,9)/t2*17-;/m00./s1. The number of hydrogen-bond donors (Lipinski definition) is 1. The second-order valence-corrected chi connectivity index (χ2v) is 18.2. The van der Waals surface area contributed by atoms with Crippen molar-refractivity contribution >= 4 is 65.3 Å². The number of halogens is 2. The van der Waals surface area contributed by atoms with E-state index in [-0.39, 0.29) is 41.8 Å². The fourth-order valence-corrected chi connectivity index (χ4v) is 8.69. The first kappa shape index (κ1) is 47.5. The maximum atomic E-state index is 11.8. The summed E-state index contributed by atoms with van der Waals surface area (Å²) in [5, 5.41) is 0. The van der Waals surface area contributed by atoms with Gasteiger partial charge in [0.25, 0.3) is 10.1 Å². The molecule has 7 aromatic rings. The molecule has 9 rings (SSSR count). The first-order valence-corrected chi connectivity index (χ1v) is 23.6. The van der Waals surface area contributed by atoms with Crippen LogP contribution < -0.4 is 0 Å². The normalized spacial score (nSPS) is 14.7. The number of fused-ring (bicyclic) bond motifs is 6. The van der Waals surface area contributed by atoms with Crippen LogP contribution in [-0.2, 0) is 29.2 Å². The SMILES string of the molecule is COC(=O)CC[C@@H]1N=C(c2ccccn2)c2cc(Br)ccc2-n2c(C)cnc21.COC(=O)CC[C@@H]1N=C(c2ccccn2)c2cc(Br)ccc2-n2c(C)cnc21.O=S(=O)(O)c1ccccc1. The van der Waals surface area contributed by atoms with E-state index in [4.69, 9.17) is 24.0 Å². The lowest BCUT2D eigenvalue weighted by Gasteiger charge is -2.14.